The molecule has 0 bridgehead atoms. The van der Waals surface area contributed by atoms with Crippen LogP contribution in [0.3, 0.4) is 0 Å². The van der Waals surface area contributed by atoms with Gasteiger partial charge in [-0.05, 0) is 26.1 Å². The topological polar surface area (TPSA) is 86.3 Å². The monoisotopic (exact) mass is 400 g/mol. The molecule has 1 amide bonds. The lowest BCUT2D eigenvalue weighted by atomic mass is 10.1. The van der Waals surface area contributed by atoms with Crippen molar-refractivity contribution in [3.63, 3.8) is 0 Å². The summed E-state index contributed by atoms with van der Waals surface area (Å²) in [6.45, 7) is 2.16. The molecule has 0 unspecified atom stereocenters. The molecule has 1 aliphatic heterocycles. The van der Waals surface area contributed by atoms with E-state index in [-0.39, 0.29) is 25.0 Å². The van der Waals surface area contributed by atoms with Gasteiger partial charge in [0.2, 0.25) is 12.7 Å². The largest absolute Gasteiger partial charge is 0.497 e. The van der Waals surface area contributed by atoms with Crippen LogP contribution in [-0.4, -0.2) is 51.2 Å². The molecule has 1 N–H and O–H groups in total. The Morgan fingerprint density at radius 3 is 2.48 bits per heavy atom. The minimum absolute atomic E-state index is 0.0938. The highest BCUT2D eigenvalue weighted by Gasteiger charge is 2.21. The van der Waals surface area contributed by atoms with E-state index in [2.05, 4.69) is 5.32 Å². The zero-order chi connectivity index (χ0) is 21.0. The molecular weight excluding hydrogens is 376 g/mol. The van der Waals surface area contributed by atoms with Crippen LogP contribution in [0, 0.1) is 0 Å². The molecule has 0 fully saturated rings. The maximum absolute atomic E-state index is 12.6. The van der Waals surface area contributed by atoms with Crippen LogP contribution in [-0.2, 0) is 11.3 Å². The number of nitrogens with zero attached hydrogens (tertiary/aromatic N) is 1. The molecule has 0 aliphatic carbocycles. The Balaban J connectivity index is 1.68. The number of hydrogen-bond acceptors (Lipinski definition) is 7. The predicted octanol–water partition coefficient (Wildman–Crippen LogP) is 2.71. The van der Waals surface area contributed by atoms with Gasteiger partial charge in [-0.3, -0.25) is 14.5 Å². The van der Waals surface area contributed by atoms with Gasteiger partial charge in [-0.15, -0.1) is 0 Å². The highest BCUT2D eigenvalue weighted by Crippen LogP contribution is 2.37. The van der Waals surface area contributed by atoms with E-state index in [0.29, 0.717) is 40.8 Å². The third-order valence-corrected chi connectivity index (χ3v) is 4.51. The van der Waals surface area contributed by atoms with Crippen molar-refractivity contribution in [1.29, 1.82) is 0 Å². The van der Waals surface area contributed by atoms with Gasteiger partial charge in [0.05, 0.1) is 26.5 Å². The molecule has 1 heterocycles. The average molecular weight is 400 g/mol. The van der Waals surface area contributed by atoms with Crippen LogP contribution < -0.4 is 24.3 Å². The van der Waals surface area contributed by atoms with E-state index in [4.69, 9.17) is 18.9 Å². The van der Waals surface area contributed by atoms with Gasteiger partial charge in [-0.1, -0.05) is 6.07 Å². The van der Waals surface area contributed by atoms with Crippen molar-refractivity contribution in [2.24, 2.45) is 0 Å². The van der Waals surface area contributed by atoms with Gasteiger partial charge in [0.25, 0.3) is 0 Å². The number of carbonyl (C=O) groups excluding carboxylic acids is 2. The average Bonchev–Trinajstić information content (AvgIpc) is 3.14. The fourth-order valence-electron chi connectivity index (χ4n) is 3.10. The van der Waals surface area contributed by atoms with Gasteiger partial charge in [-0.25, -0.2) is 0 Å². The number of rotatable bonds is 8. The lowest BCUT2D eigenvalue weighted by molar-refractivity contribution is -0.117. The highest BCUT2D eigenvalue weighted by atomic mass is 16.7. The number of amides is 1. The summed E-state index contributed by atoms with van der Waals surface area (Å²) in [4.78, 5) is 26.4. The molecule has 0 radical (unpaired) electrons. The molecule has 0 aromatic heterocycles. The van der Waals surface area contributed by atoms with Crippen molar-refractivity contribution in [3.05, 3.63) is 41.5 Å². The minimum atomic E-state index is -0.249. The van der Waals surface area contributed by atoms with E-state index >= 15 is 0 Å². The number of hydrogen-bond donors (Lipinski definition) is 1. The molecule has 8 heteroatoms. The summed E-state index contributed by atoms with van der Waals surface area (Å²) in [6, 6.07) is 8.75. The second-order valence-electron chi connectivity index (χ2n) is 6.71. The number of likely N-dealkylation sites (N-methyl/N-ethyl adjacent to an activating group) is 1. The second kappa shape index (κ2) is 8.83. The molecule has 0 saturated heterocycles. The fraction of sp³-hybridized carbons (Fsp3) is 0.333. The molecule has 2 aromatic rings. The first-order chi connectivity index (χ1) is 13.9. The third kappa shape index (κ3) is 4.78. The standard InChI is InChI=1S/C21H24N2O6/c1-13(24)16-8-19-20(29-12-28-19)9-17(16)22-21(25)11-23(2)10-14-5-6-15(26-3)7-18(14)27-4/h5-9H,10-12H2,1-4H3,(H,22,25). The second-order valence-corrected chi connectivity index (χ2v) is 6.71. The van der Waals surface area contributed by atoms with Gasteiger partial charge < -0.3 is 24.3 Å². The maximum Gasteiger partial charge on any atom is 0.238 e. The number of carbonyl (C=O) groups is 2. The first-order valence-electron chi connectivity index (χ1n) is 9.05. The summed E-state index contributed by atoms with van der Waals surface area (Å²) < 4.78 is 21.3. The van der Waals surface area contributed by atoms with Gasteiger partial charge >= 0.3 is 0 Å². The van der Waals surface area contributed by atoms with E-state index in [9.17, 15) is 9.59 Å². The summed E-state index contributed by atoms with van der Waals surface area (Å²) in [5.41, 5.74) is 1.71. The van der Waals surface area contributed by atoms with Gasteiger partial charge in [0.15, 0.2) is 17.3 Å². The quantitative estimate of drug-likeness (QED) is 0.682. The summed E-state index contributed by atoms with van der Waals surface area (Å²) in [7, 11) is 5.01. The summed E-state index contributed by atoms with van der Waals surface area (Å²) in [5.74, 6) is 1.96. The van der Waals surface area contributed by atoms with Crippen LogP contribution in [0.2, 0.25) is 0 Å². The van der Waals surface area contributed by atoms with Crippen LogP contribution in [0.15, 0.2) is 30.3 Å². The number of benzene rings is 2. The molecule has 29 heavy (non-hydrogen) atoms. The van der Waals surface area contributed by atoms with E-state index in [1.807, 2.05) is 24.1 Å². The number of nitrogens with one attached hydrogen (secondary N) is 1. The lowest BCUT2D eigenvalue weighted by Crippen LogP contribution is -2.30. The van der Waals surface area contributed by atoms with Crippen molar-refractivity contribution in [2.45, 2.75) is 13.5 Å². The van der Waals surface area contributed by atoms with E-state index in [1.165, 1.54) is 6.92 Å². The Morgan fingerprint density at radius 1 is 1.10 bits per heavy atom. The van der Waals surface area contributed by atoms with E-state index in [1.54, 1.807) is 32.4 Å². The number of methoxy groups -OCH3 is 2. The molecule has 0 saturated carbocycles. The van der Waals surface area contributed by atoms with Crippen LogP contribution in [0.4, 0.5) is 5.69 Å². The van der Waals surface area contributed by atoms with Crippen molar-refractivity contribution in [2.75, 3.05) is 39.9 Å². The van der Waals surface area contributed by atoms with Gasteiger partial charge in [0.1, 0.15) is 11.5 Å². The normalized spacial score (nSPS) is 12.0. The lowest BCUT2D eigenvalue weighted by Gasteiger charge is -2.19. The van der Waals surface area contributed by atoms with Crippen molar-refractivity contribution in [3.8, 4) is 23.0 Å². The number of ketones is 1. The van der Waals surface area contributed by atoms with Crippen LogP contribution in [0.5, 0.6) is 23.0 Å². The third-order valence-electron chi connectivity index (χ3n) is 4.51. The van der Waals surface area contributed by atoms with Crippen LogP contribution >= 0.6 is 0 Å². The number of fused-ring (bicyclic) bond motifs is 1. The van der Waals surface area contributed by atoms with Crippen molar-refractivity contribution >= 4 is 17.4 Å². The maximum atomic E-state index is 12.6. The van der Waals surface area contributed by atoms with Crippen molar-refractivity contribution in [1.82, 2.24) is 4.90 Å². The predicted molar refractivity (Wildman–Crippen MR) is 107 cm³/mol. The van der Waals surface area contributed by atoms with Gasteiger partial charge in [-0.2, -0.15) is 0 Å². The Hall–Kier alpha value is -3.26. The smallest absolute Gasteiger partial charge is 0.238 e. The minimum Gasteiger partial charge on any atom is -0.497 e. The highest BCUT2D eigenvalue weighted by molar-refractivity contribution is 6.05. The first kappa shape index (κ1) is 20.5. The Bertz CT molecular complexity index is 928. The first-order valence-corrected chi connectivity index (χ1v) is 9.05. The summed E-state index contributed by atoms with van der Waals surface area (Å²) >= 11 is 0. The summed E-state index contributed by atoms with van der Waals surface area (Å²) in [6.07, 6.45) is 0. The Morgan fingerprint density at radius 2 is 1.83 bits per heavy atom. The number of ether oxygens (including phenoxy) is 4. The van der Waals surface area contributed by atoms with Crippen LogP contribution in [0.25, 0.3) is 0 Å². The molecule has 2 aromatic carbocycles. The molecule has 0 atom stereocenters. The van der Waals surface area contributed by atoms with Gasteiger partial charge in [0, 0.05) is 29.8 Å². The summed E-state index contributed by atoms with van der Waals surface area (Å²) in [5, 5.41) is 2.80. The number of Topliss-reactive ketones (excluding diaryl/α,β-unsaturated/α-hetero) is 1. The van der Waals surface area contributed by atoms with E-state index < -0.39 is 0 Å². The van der Waals surface area contributed by atoms with Crippen molar-refractivity contribution < 1.29 is 28.5 Å². The SMILES string of the molecule is COc1ccc(CN(C)CC(=O)Nc2cc3c(cc2C(C)=O)OCO3)c(OC)c1. The fourth-order valence-corrected chi connectivity index (χ4v) is 3.10. The number of anilines is 1. The van der Waals surface area contributed by atoms with Crippen LogP contribution in [0.1, 0.15) is 22.8 Å². The molecular formula is C21H24N2O6. The molecule has 1 aliphatic rings. The zero-order valence-electron chi connectivity index (χ0n) is 16.9. The molecule has 3 rings (SSSR count). The molecule has 8 nitrogen and oxygen atoms in total. The Labute approximate surface area is 169 Å². The molecule has 154 valence electrons. The molecule has 0 spiro atoms. The zero-order valence-corrected chi connectivity index (χ0v) is 16.9. The van der Waals surface area contributed by atoms with E-state index in [0.717, 1.165) is 5.56 Å². The Kier molecular flexibility index (Phi) is 6.23.